The standard InChI is InChI=1S/C18H15NO2/c1-13-12-17(20)19-16-9-5-8-15(18(16)21-13)11-10-14-6-3-2-4-7-14/h2-9,13H,12H2,1H3,(H,19,20)/t13-/m1/s1. The van der Waals surface area contributed by atoms with Crippen LogP contribution in [0.4, 0.5) is 5.69 Å². The van der Waals surface area contributed by atoms with Gasteiger partial charge in [-0.25, -0.2) is 0 Å². The fourth-order valence-electron chi connectivity index (χ4n) is 2.23. The maximum Gasteiger partial charge on any atom is 0.228 e. The first kappa shape index (κ1) is 13.3. The quantitative estimate of drug-likeness (QED) is 0.751. The zero-order valence-electron chi connectivity index (χ0n) is 11.7. The van der Waals surface area contributed by atoms with Crippen LogP contribution in [-0.4, -0.2) is 12.0 Å². The Morgan fingerprint density at radius 3 is 2.71 bits per heavy atom. The molecule has 2 aromatic carbocycles. The number of hydrogen-bond acceptors (Lipinski definition) is 2. The van der Waals surface area contributed by atoms with Crippen LogP contribution in [-0.2, 0) is 4.79 Å². The van der Waals surface area contributed by atoms with E-state index in [9.17, 15) is 4.79 Å². The summed E-state index contributed by atoms with van der Waals surface area (Å²) >= 11 is 0. The number of amides is 1. The Morgan fingerprint density at radius 1 is 1.10 bits per heavy atom. The van der Waals surface area contributed by atoms with Gasteiger partial charge in [0.2, 0.25) is 5.91 Å². The molecule has 3 heteroatoms. The van der Waals surface area contributed by atoms with Gasteiger partial charge in [-0.3, -0.25) is 4.79 Å². The summed E-state index contributed by atoms with van der Waals surface area (Å²) < 4.78 is 5.86. The lowest BCUT2D eigenvalue weighted by Crippen LogP contribution is -2.17. The van der Waals surface area contributed by atoms with E-state index in [0.29, 0.717) is 17.9 Å². The summed E-state index contributed by atoms with van der Waals surface area (Å²) in [5.41, 5.74) is 2.41. The van der Waals surface area contributed by atoms with E-state index in [1.54, 1.807) is 0 Å². The number of hydrogen-bond donors (Lipinski definition) is 1. The molecule has 0 aliphatic carbocycles. The van der Waals surface area contributed by atoms with Gasteiger partial charge in [-0.2, -0.15) is 0 Å². The maximum atomic E-state index is 11.7. The van der Waals surface area contributed by atoms with Crippen LogP contribution >= 0.6 is 0 Å². The molecule has 0 unspecified atom stereocenters. The lowest BCUT2D eigenvalue weighted by atomic mass is 10.1. The molecule has 2 aromatic rings. The molecule has 0 fully saturated rings. The fraction of sp³-hybridized carbons (Fsp3) is 0.167. The molecule has 1 heterocycles. The number of para-hydroxylation sites is 1. The number of ether oxygens (including phenoxy) is 1. The molecule has 3 rings (SSSR count). The molecule has 0 spiro atoms. The molecule has 1 N–H and O–H groups in total. The third-order valence-electron chi connectivity index (χ3n) is 3.20. The molecule has 1 amide bonds. The molecule has 3 nitrogen and oxygen atoms in total. The monoisotopic (exact) mass is 277 g/mol. The lowest BCUT2D eigenvalue weighted by Gasteiger charge is -2.12. The van der Waals surface area contributed by atoms with E-state index in [1.165, 1.54) is 0 Å². The minimum absolute atomic E-state index is 0.0329. The third-order valence-corrected chi connectivity index (χ3v) is 3.20. The molecular weight excluding hydrogens is 262 g/mol. The maximum absolute atomic E-state index is 11.7. The van der Waals surface area contributed by atoms with E-state index >= 15 is 0 Å². The van der Waals surface area contributed by atoms with Gasteiger partial charge in [-0.05, 0) is 31.2 Å². The number of anilines is 1. The number of fused-ring (bicyclic) bond motifs is 1. The van der Waals surface area contributed by atoms with Gasteiger partial charge in [0.15, 0.2) is 5.75 Å². The van der Waals surface area contributed by atoms with Crippen molar-refractivity contribution in [2.24, 2.45) is 0 Å². The molecule has 104 valence electrons. The lowest BCUT2D eigenvalue weighted by molar-refractivity contribution is -0.117. The first-order valence-corrected chi connectivity index (χ1v) is 6.89. The molecule has 0 bridgehead atoms. The second-order valence-corrected chi connectivity index (χ2v) is 4.98. The average Bonchev–Trinajstić information content (AvgIpc) is 2.63. The summed E-state index contributed by atoms with van der Waals surface area (Å²) in [4.78, 5) is 11.7. The molecule has 0 saturated carbocycles. The Kier molecular flexibility index (Phi) is 3.61. The van der Waals surface area contributed by atoms with Crippen molar-refractivity contribution in [1.82, 2.24) is 0 Å². The zero-order chi connectivity index (χ0) is 14.7. The summed E-state index contributed by atoms with van der Waals surface area (Å²) in [5, 5.41) is 2.86. The second kappa shape index (κ2) is 5.72. The Bertz CT molecular complexity index is 726. The van der Waals surface area contributed by atoms with Gasteiger partial charge >= 0.3 is 0 Å². The number of carbonyl (C=O) groups excluding carboxylic acids is 1. The van der Waals surface area contributed by atoms with Crippen molar-refractivity contribution in [3.63, 3.8) is 0 Å². The molecule has 1 aliphatic heterocycles. The molecule has 1 atom stereocenters. The van der Waals surface area contributed by atoms with Crippen molar-refractivity contribution in [2.45, 2.75) is 19.4 Å². The van der Waals surface area contributed by atoms with Crippen molar-refractivity contribution in [3.8, 4) is 17.6 Å². The van der Waals surface area contributed by atoms with Crippen LogP contribution in [0, 0.1) is 11.8 Å². The molecular formula is C18H15NO2. The normalized spacial score (nSPS) is 16.6. The highest BCUT2D eigenvalue weighted by Gasteiger charge is 2.20. The predicted molar refractivity (Wildman–Crippen MR) is 82.2 cm³/mol. The second-order valence-electron chi connectivity index (χ2n) is 4.98. The topological polar surface area (TPSA) is 38.3 Å². The Hall–Kier alpha value is -2.73. The van der Waals surface area contributed by atoms with Crippen molar-refractivity contribution in [3.05, 3.63) is 59.7 Å². The molecule has 21 heavy (non-hydrogen) atoms. The highest BCUT2D eigenvalue weighted by atomic mass is 16.5. The first-order chi connectivity index (χ1) is 10.2. The summed E-state index contributed by atoms with van der Waals surface area (Å²) in [6.45, 7) is 1.89. The van der Waals surface area contributed by atoms with E-state index in [2.05, 4.69) is 17.2 Å². The van der Waals surface area contributed by atoms with Gasteiger partial charge in [0.25, 0.3) is 0 Å². The Balaban J connectivity index is 2.00. The van der Waals surface area contributed by atoms with Crippen LogP contribution < -0.4 is 10.1 Å². The van der Waals surface area contributed by atoms with Crippen molar-refractivity contribution in [2.75, 3.05) is 5.32 Å². The molecule has 0 saturated heterocycles. The van der Waals surface area contributed by atoms with Gasteiger partial charge in [0.1, 0.15) is 6.10 Å². The van der Waals surface area contributed by atoms with Crippen molar-refractivity contribution in [1.29, 1.82) is 0 Å². The smallest absolute Gasteiger partial charge is 0.228 e. The third kappa shape index (κ3) is 3.06. The summed E-state index contributed by atoms with van der Waals surface area (Å²) in [6.07, 6.45) is 0.186. The zero-order valence-corrected chi connectivity index (χ0v) is 11.7. The highest BCUT2D eigenvalue weighted by molar-refractivity contribution is 5.94. The van der Waals surface area contributed by atoms with E-state index < -0.39 is 0 Å². The largest absolute Gasteiger partial charge is 0.487 e. The van der Waals surface area contributed by atoms with Crippen LogP contribution in [0.3, 0.4) is 0 Å². The Labute approximate surface area is 123 Å². The van der Waals surface area contributed by atoms with Crippen LogP contribution in [0.2, 0.25) is 0 Å². The van der Waals surface area contributed by atoms with Gasteiger partial charge in [0, 0.05) is 5.56 Å². The molecule has 1 aliphatic rings. The van der Waals surface area contributed by atoms with E-state index in [-0.39, 0.29) is 12.0 Å². The predicted octanol–water partition coefficient (Wildman–Crippen LogP) is 3.20. The van der Waals surface area contributed by atoms with Gasteiger partial charge < -0.3 is 10.1 Å². The minimum Gasteiger partial charge on any atom is -0.487 e. The average molecular weight is 277 g/mol. The number of nitrogens with one attached hydrogen (secondary N) is 1. The number of carbonyl (C=O) groups is 1. The summed E-state index contributed by atoms with van der Waals surface area (Å²) in [5.74, 6) is 6.86. The SMILES string of the molecule is C[C@@H]1CC(=O)Nc2cccc(C#Cc3ccccc3)c2O1. The van der Waals surface area contributed by atoms with E-state index in [1.807, 2.05) is 55.5 Å². The summed E-state index contributed by atoms with van der Waals surface area (Å²) in [6, 6.07) is 15.4. The van der Waals surface area contributed by atoms with Crippen LogP contribution in [0.15, 0.2) is 48.5 Å². The highest BCUT2D eigenvalue weighted by Crippen LogP contribution is 2.32. The fourth-order valence-corrected chi connectivity index (χ4v) is 2.23. The van der Waals surface area contributed by atoms with Crippen LogP contribution in [0.25, 0.3) is 0 Å². The van der Waals surface area contributed by atoms with Gasteiger partial charge in [0.05, 0.1) is 17.7 Å². The summed E-state index contributed by atoms with van der Waals surface area (Å²) in [7, 11) is 0. The van der Waals surface area contributed by atoms with Crippen molar-refractivity contribution < 1.29 is 9.53 Å². The van der Waals surface area contributed by atoms with E-state index in [4.69, 9.17) is 4.74 Å². The number of benzene rings is 2. The van der Waals surface area contributed by atoms with E-state index in [0.717, 1.165) is 11.1 Å². The van der Waals surface area contributed by atoms with Crippen LogP contribution in [0.1, 0.15) is 24.5 Å². The van der Waals surface area contributed by atoms with Gasteiger partial charge in [-0.1, -0.05) is 36.1 Å². The molecule has 0 radical (unpaired) electrons. The minimum atomic E-state index is -0.161. The van der Waals surface area contributed by atoms with Gasteiger partial charge in [-0.15, -0.1) is 0 Å². The first-order valence-electron chi connectivity index (χ1n) is 6.89. The Morgan fingerprint density at radius 2 is 1.90 bits per heavy atom. The molecule has 0 aromatic heterocycles. The van der Waals surface area contributed by atoms with Crippen LogP contribution in [0.5, 0.6) is 5.75 Å². The van der Waals surface area contributed by atoms with Crippen molar-refractivity contribution >= 4 is 11.6 Å². The number of rotatable bonds is 0.